The molecule has 1 unspecified atom stereocenters. The molecule has 0 spiro atoms. The van der Waals surface area contributed by atoms with Gasteiger partial charge in [0.1, 0.15) is 11.2 Å². The average molecular weight is 462 g/mol. The van der Waals surface area contributed by atoms with E-state index in [0.29, 0.717) is 19.1 Å². The van der Waals surface area contributed by atoms with Crippen LogP contribution >= 0.6 is 0 Å². The van der Waals surface area contributed by atoms with Crippen LogP contribution in [0.1, 0.15) is 19.4 Å². The van der Waals surface area contributed by atoms with Crippen molar-refractivity contribution in [2.45, 2.75) is 32.4 Å². The summed E-state index contributed by atoms with van der Waals surface area (Å²) in [7, 11) is 3.85. The van der Waals surface area contributed by atoms with Crippen LogP contribution in [-0.4, -0.2) is 79.3 Å². The summed E-state index contributed by atoms with van der Waals surface area (Å²) in [6.07, 6.45) is 1.73. The van der Waals surface area contributed by atoms with Crippen LogP contribution in [0.15, 0.2) is 36.7 Å². The van der Waals surface area contributed by atoms with E-state index in [-0.39, 0.29) is 6.04 Å². The average Bonchev–Trinajstić information content (AvgIpc) is 3.42. The largest absolute Gasteiger partial charge is 0.465 e. The van der Waals surface area contributed by atoms with E-state index >= 15 is 0 Å². The summed E-state index contributed by atoms with van der Waals surface area (Å²) < 4.78 is 2.02. The number of hydrogen-bond donors (Lipinski definition) is 3. The molecule has 3 aromatic heterocycles. The second-order valence-corrected chi connectivity index (χ2v) is 9.28. The van der Waals surface area contributed by atoms with Gasteiger partial charge in [-0.3, -0.25) is 4.90 Å². The lowest BCUT2D eigenvalue weighted by molar-refractivity contribution is 0.0507. The highest BCUT2D eigenvalue weighted by molar-refractivity contribution is 6.07. The molecule has 0 aliphatic carbocycles. The Hall–Kier alpha value is -3.59. The number of rotatable bonds is 5. The first-order valence-corrected chi connectivity index (χ1v) is 11.7. The molecule has 9 heteroatoms. The summed E-state index contributed by atoms with van der Waals surface area (Å²) in [5.74, 6) is 0.744. The standard InChI is InChI=1S/C25H31N7O2/c1-15(2)32-10-9-31(25(33)34)13-17(32)11-16-7-5-6-8-18(16)20-12-19-22-21(27-14-30(22)4)24(26-3)29-23(19)28-20/h5-8,12,14-15,17H,9-11,13H2,1-4H3,(H,33,34)(H2,26,28,29). The van der Waals surface area contributed by atoms with Crippen LogP contribution in [0.5, 0.6) is 0 Å². The summed E-state index contributed by atoms with van der Waals surface area (Å²) >= 11 is 0. The highest BCUT2D eigenvalue weighted by Gasteiger charge is 2.31. The smallest absolute Gasteiger partial charge is 0.407 e. The highest BCUT2D eigenvalue weighted by Crippen LogP contribution is 2.33. The Balaban J connectivity index is 1.56. The monoisotopic (exact) mass is 461 g/mol. The molecule has 4 heterocycles. The van der Waals surface area contributed by atoms with Crippen molar-refractivity contribution in [3.63, 3.8) is 0 Å². The van der Waals surface area contributed by atoms with E-state index in [1.165, 1.54) is 10.5 Å². The summed E-state index contributed by atoms with van der Waals surface area (Å²) in [6.45, 7) is 6.16. The Morgan fingerprint density at radius 3 is 2.82 bits per heavy atom. The predicted molar refractivity (Wildman–Crippen MR) is 134 cm³/mol. The molecule has 1 amide bonds. The van der Waals surface area contributed by atoms with Crippen LogP contribution < -0.4 is 5.32 Å². The molecule has 4 aromatic rings. The van der Waals surface area contributed by atoms with Crippen molar-refractivity contribution in [3.8, 4) is 11.3 Å². The summed E-state index contributed by atoms with van der Waals surface area (Å²) in [5.41, 5.74) is 5.98. The number of nitrogens with one attached hydrogen (secondary N) is 2. The summed E-state index contributed by atoms with van der Waals surface area (Å²) in [5, 5.41) is 13.8. The molecule has 1 aliphatic rings. The summed E-state index contributed by atoms with van der Waals surface area (Å²) in [6, 6.07) is 11.0. The molecule has 0 saturated carbocycles. The lowest BCUT2D eigenvalue weighted by atomic mass is 9.95. The lowest BCUT2D eigenvalue weighted by Crippen LogP contribution is -2.57. The zero-order valence-corrected chi connectivity index (χ0v) is 20.0. The number of fused-ring (bicyclic) bond motifs is 3. The van der Waals surface area contributed by atoms with E-state index in [9.17, 15) is 9.90 Å². The fourth-order valence-electron chi connectivity index (χ4n) is 5.24. The van der Waals surface area contributed by atoms with Gasteiger partial charge >= 0.3 is 6.09 Å². The molecule has 178 valence electrons. The number of amides is 1. The van der Waals surface area contributed by atoms with Gasteiger partial charge in [0.2, 0.25) is 0 Å². The fraction of sp³-hybridized carbons (Fsp3) is 0.400. The SMILES string of the molecule is CNc1nc2[nH]c(-c3ccccc3CC3CN(C(=O)O)CCN3C(C)C)cc2c2c1ncn2C. The number of aromatic amines is 1. The molecule has 0 radical (unpaired) electrons. The lowest BCUT2D eigenvalue weighted by Gasteiger charge is -2.43. The molecule has 1 fully saturated rings. The van der Waals surface area contributed by atoms with Crippen molar-refractivity contribution < 1.29 is 9.90 Å². The number of aryl methyl sites for hydroxylation is 1. The predicted octanol–water partition coefficient (Wildman–Crippen LogP) is 3.77. The zero-order chi connectivity index (χ0) is 24.0. The maximum absolute atomic E-state index is 11.7. The third kappa shape index (κ3) is 3.75. The summed E-state index contributed by atoms with van der Waals surface area (Å²) in [4.78, 5) is 28.4. The Kier molecular flexibility index (Phi) is 5.65. The van der Waals surface area contributed by atoms with Gasteiger partial charge in [0, 0.05) is 62.5 Å². The maximum atomic E-state index is 11.7. The number of carbonyl (C=O) groups is 1. The number of nitrogens with zero attached hydrogens (tertiary/aromatic N) is 5. The second kappa shape index (κ2) is 8.64. The maximum Gasteiger partial charge on any atom is 0.407 e. The van der Waals surface area contributed by atoms with Crippen LogP contribution in [-0.2, 0) is 13.5 Å². The first-order chi connectivity index (χ1) is 16.4. The van der Waals surface area contributed by atoms with Crippen molar-refractivity contribution in [1.82, 2.24) is 29.3 Å². The Labute approximate surface area is 198 Å². The van der Waals surface area contributed by atoms with Crippen LogP contribution in [0.2, 0.25) is 0 Å². The number of aromatic nitrogens is 4. The van der Waals surface area contributed by atoms with Gasteiger partial charge in [0.25, 0.3) is 0 Å². The van der Waals surface area contributed by atoms with E-state index in [1.807, 2.05) is 31.1 Å². The number of anilines is 1. The molecule has 34 heavy (non-hydrogen) atoms. The number of H-pyrrole nitrogens is 1. The molecule has 9 nitrogen and oxygen atoms in total. The minimum atomic E-state index is -0.844. The normalized spacial score (nSPS) is 17.2. The fourth-order valence-corrected chi connectivity index (χ4v) is 5.24. The molecular formula is C25H31N7O2. The van der Waals surface area contributed by atoms with Crippen LogP contribution in [0.25, 0.3) is 33.3 Å². The molecule has 1 aliphatic heterocycles. The van der Waals surface area contributed by atoms with Gasteiger partial charge in [-0.15, -0.1) is 0 Å². The Morgan fingerprint density at radius 1 is 1.29 bits per heavy atom. The number of hydrogen-bond acceptors (Lipinski definition) is 5. The molecule has 3 N–H and O–H groups in total. The molecule has 1 saturated heterocycles. The first-order valence-electron chi connectivity index (χ1n) is 11.7. The minimum absolute atomic E-state index is 0.119. The van der Waals surface area contributed by atoms with Crippen LogP contribution in [0.4, 0.5) is 10.6 Å². The van der Waals surface area contributed by atoms with Crippen molar-refractivity contribution in [3.05, 3.63) is 42.2 Å². The first kappa shape index (κ1) is 22.2. The van der Waals surface area contributed by atoms with Gasteiger partial charge < -0.3 is 24.9 Å². The molecule has 1 aromatic carbocycles. The van der Waals surface area contributed by atoms with Crippen LogP contribution in [0, 0.1) is 0 Å². The van der Waals surface area contributed by atoms with E-state index in [2.05, 4.69) is 58.3 Å². The van der Waals surface area contributed by atoms with Crippen molar-refractivity contribution in [1.29, 1.82) is 0 Å². The zero-order valence-electron chi connectivity index (χ0n) is 20.0. The van der Waals surface area contributed by atoms with Gasteiger partial charge in [0.05, 0.1) is 11.8 Å². The van der Waals surface area contributed by atoms with E-state index in [1.54, 1.807) is 0 Å². The van der Waals surface area contributed by atoms with E-state index in [0.717, 1.165) is 52.1 Å². The topological polar surface area (TPSA) is 102 Å². The number of pyridine rings is 1. The third-order valence-electron chi connectivity index (χ3n) is 6.90. The number of piperazine rings is 1. The van der Waals surface area contributed by atoms with Gasteiger partial charge in [-0.05, 0) is 31.9 Å². The van der Waals surface area contributed by atoms with Crippen LogP contribution in [0.3, 0.4) is 0 Å². The molecule has 5 rings (SSSR count). The van der Waals surface area contributed by atoms with Crippen molar-refractivity contribution >= 4 is 34.0 Å². The Bertz CT molecular complexity index is 1360. The van der Waals surface area contributed by atoms with Crippen molar-refractivity contribution in [2.75, 3.05) is 32.0 Å². The minimum Gasteiger partial charge on any atom is -0.465 e. The number of carboxylic acid groups (broad SMARTS) is 1. The third-order valence-corrected chi connectivity index (χ3v) is 6.90. The van der Waals surface area contributed by atoms with Gasteiger partial charge in [-0.1, -0.05) is 24.3 Å². The van der Waals surface area contributed by atoms with E-state index in [4.69, 9.17) is 4.98 Å². The van der Waals surface area contributed by atoms with E-state index < -0.39 is 6.09 Å². The number of benzene rings is 1. The Morgan fingerprint density at radius 2 is 2.09 bits per heavy atom. The quantitative estimate of drug-likeness (QED) is 0.418. The van der Waals surface area contributed by atoms with Gasteiger partial charge in [-0.2, -0.15) is 0 Å². The molecule has 0 bridgehead atoms. The van der Waals surface area contributed by atoms with Gasteiger partial charge in [0.15, 0.2) is 5.82 Å². The van der Waals surface area contributed by atoms with Crippen molar-refractivity contribution in [2.24, 2.45) is 7.05 Å². The van der Waals surface area contributed by atoms with Gasteiger partial charge in [-0.25, -0.2) is 14.8 Å². The number of imidazole rings is 1. The molecular weight excluding hydrogens is 430 g/mol. The highest BCUT2D eigenvalue weighted by atomic mass is 16.4. The second-order valence-electron chi connectivity index (χ2n) is 9.28. The molecule has 1 atom stereocenters.